The van der Waals surface area contributed by atoms with Crippen LogP contribution in [0.5, 0.6) is 0 Å². The number of piperidine rings is 1. The monoisotopic (exact) mass is 157 g/mol. The number of likely N-dealkylation sites (tertiary alicyclic amines) is 1. The first-order chi connectivity index (χ1) is 5.11. The number of quaternary nitrogens is 1. The van der Waals surface area contributed by atoms with E-state index in [4.69, 9.17) is 0 Å². The van der Waals surface area contributed by atoms with E-state index < -0.39 is 0 Å². The van der Waals surface area contributed by atoms with Crippen molar-refractivity contribution >= 4 is 0 Å². The second kappa shape index (κ2) is 3.11. The predicted molar refractivity (Wildman–Crippen MR) is 46.9 cm³/mol. The summed E-state index contributed by atoms with van der Waals surface area (Å²) in [5.41, 5.74) is 0. The fourth-order valence-electron chi connectivity index (χ4n) is 2.20. The number of hydrogen-bond donors (Lipinski definition) is 0. The summed E-state index contributed by atoms with van der Waals surface area (Å²) < 4.78 is 0.0417. The Hall–Kier alpha value is -0.0800. The highest BCUT2D eigenvalue weighted by Gasteiger charge is 2.32. The summed E-state index contributed by atoms with van der Waals surface area (Å²) in [7, 11) is 0. The first-order valence-corrected chi connectivity index (χ1v) is 4.69. The van der Waals surface area contributed by atoms with Gasteiger partial charge < -0.3 is 9.85 Å². The molecule has 0 bridgehead atoms. The van der Waals surface area contributed by atoms with Gasteiger partial charge in [-0.1, -0.05) is 0 Å². The first-order valence-electron chi connectivity index (χ1n) is 4.69. The van der Waals surface area contributed by atoms with Gasteiger partial charge in [0.25, 0.3) is 0 Å². The van der Waals surface area contributed by atoms with Crippen molar-refractivity contribution in [2.24, 2.45) is 0 Å². The molecule has 1 fully saturated rings. The molecule has 1 unspecified atom stereocenters. The molecule has 0 aromatic carbocycles. The van der Waals surface area contributed by atoms with Crippen LogP contribution in [0.2, 0.25) is 0 Å². The fraction of sp³-hybridized carbons (Fsp3) is 1.00. The van der Waals surface area contributed by atoms with E-state index in [1.54, 1.807) is 0 Å². The summed E-state index contributed by atoms with van der Waals surface area (Å²) in [6, 6.07) is 0.646. The third kappa shape index (κ3) is 1.42. The summed E-state index contributed by atoms with van der Waals surface area (Å²) in [6.07, 6.45) is 3.47. The number of rotatable bonds is 1. The molecule has 2 heteroatoms. The maximum atomic E-state index is 12.1. The molecule has 66 valence electrons. The number of nitrogens with zero attached hydrogens (tertiary/aromatic N) is 1. The second-order valence-electron chi connectivity index (χ2n) is 3.80. The summed E-state index contributed by atoms with van der Waals surface area (Å²) in [4.78, 5) is 0. The largest absolute Gasteiger partial charge is 0.632 e. The van der Waals surface area contributed by atoms with Crippen LogP contribution in [0.1, 0.15) is 40.0 Å². The lowest BCUT2D eigenvalue weighted by Gasteiger charge is -2.54. The smallest absolute Gasteiger partial charge is 0.0860 e. The minimum atomic E-state index is 0.0417. The van der Waals surface area contributed by atoms with Gasteiger partial charge in [-0.15, -0.1) is 0 Å². The molecule has 0 amide bonds. The van der Waals surface area contributed by atoms with Crippen LogP contribution in [0.15, 0.2) is 0 Å². The molecular weight excluding hydrogens is 138 g/mol. The van der Waals surface area contributed by atoms with E-state index >= 15 is 0 Å². The highest BCUT2D eigenvalue weighted by atomic mass is 16.5. The van der Waals surface area contributed by atoms with E-state index in [-0.39, 0.29) is 4.65 Å². The Labute approximate surface area is 69.4 Å². The van der Waals surface area contributed by atoms with E-state index in [9.17, 15) is 5.21 Å². The zero-order valence-electron chi connectivity index (χ0n) is 7.84. The lowest BCUT2D eigenvalue weighted by atomic mass is 9.97. The van der Waals surface area contributed by atoms with Gasteiger partial charge in [-0.2, -0.15) is 0 Å². The van der Waals surface area contributed by atoms with Gasteiger partial charge in [-0.25, -0.2) is 0 Å². The predicted octanol–water partition coefficient (Wildman–Crippen LogP) is 2.28. The van der Waals surface area contributed by atoms with Gasteiger partial charge >= 0.3 is 0 Å². The van der Waals surface area contributed by atoms with Gasteiger partial charge in [-0.3, -0.25) is 0 Å². The maximum absolute atomic E-state index is 12.1. The Morgan fingerprint density at radius 2 is 1.73 bits per heavy atom. The first kappa shape index (κ1) is 9.01. The third-order valence-corrected chi connectivity index (χ3v) is 3.23. The molecule has 1 aliphatic heterocycles. The van der Waals surface area contributed by atoms with Crippen LogP contribution >= 0.6 is 0 Å². The van der Waals surface area contributed by atoms with Crippen molar-refractivity contribution in [3.05, 3.63) is 5.21 Å². The molecule has 0 aromatic rings. The summed E-state index contributed by atoms with van der Waals surface area (Å²) in [5, 5.41) is 12.1. The molecule has 1 rings (SSSR count). The molecule has 1 saturated heterocycles. The number of hydroxylamine groups is 3. The molecule has 3 atom stereocenters. The van der Waals surface area contributed by atoms with Crippen LogP contribution in [-0.2, 0) is 0 Å². The molecule has 1 aliphatic rings. The highest BCUT2D eigenvalue weighted by molar-refractivity contribution is 4.68. The maximum Gasteiger partial charge on any atom is 0.0860 e. The van der Waals surface area contributed by atoms with E-state index in [2.05, 4.69) is 13.8 Å². The summed E-state index contributed by atoms with van der Waals surface area (Å²) in [5.74, 6) is 0. The third-order valence-electron chi connectivity index (χ3n) is 3.23. The Morgan fingerprint density at radius 1 is 1.27 bits per heavy atom. The zero-order valence-corrected chi connectivity index (χ0v) is 7.84. The van der Waals surface area contributed by atoms with Crippen molar-refractivity contribution < 1.29 is 4.65 Å². The molecule has 0 aromatic heterocycles. The lowest BCUT2D eigenvalue weighted by Crippen LogP contribution is -2.57. The molecule has 0 N–H and O–H groups in total. The normalized spacial score (nSPS) is 45.8. The fourth-order valence-corrected chi connectivity index (χ4v) is 2.20. The molecule has 0 spiro atoms. The molecule has 2 nitrogen and oxygen atoms in total. The Bertz CT molecular complexity index is 126. The van der Waals surface area contributed by atoms with Gasteiger partial charge in [0.15, 0.2) is 0 Å². The van der Waals surface area contributed by atoms with Gasteiger partial charge in [0.2, 0.25) is 0 Å². The second-order valence-corrected chi connectivity index (χ2v) is 3.80. The SMILES string of the molecule is CC[N+]1([O-])[C@H](C)CCC[C@@H]1C. The molecule has 0 radical (unpaired) electrons. The van der Waals surface area contributed by atoms with Crippen LogP contribution in [-0.4, -0.2) is 23.3 Å². The standard InChI is InChI=1S/C9H19NO/c1-4-10(11)8(2)6-5-7-9(10)3/h8-9H,4-7H2,1-3H3/t8-,9+,10?. The van der Waals surface area contributed by atoms with E-state index in [1.807, 2.05) is 6.92 Å². The molecular formula is C9H19NO. The van der Waals surface area contributed by atoms with Crippen LogP contribution in [0, 0.1) is 5.21 Å². The Kier molecular flexibility index (Phi) is 2.55. The van der Waals surface area contributed by atoms with Crippen molar-refractivity contribution in [3.8, 4) is 0 Å². The van der Waals surface area contributed by atoms with Crippen molar-refractivity contribution in [1.29, 1.82) is 0 Å². The van der Waals surface area contributed by atoms with Crippen molar-refractivity contribution in [2.75, 3.05) is 6.54 Å². The van der Waals surface area contributed by atoms with Crippen LogP contribution in [0.4, 0.5) is 0 Å². The Balaban J connectivity index is 2.69. The highest BCUT2D eigenvalue weighted by Crippen LogP contribution is 2.29. The molecule has 11 heavy (non-hydrogen) atoms. The minimum absolute atomic E-state index is 0.0417. The van der Waals surface area contributed by atoms with Crippen molar-refractivity contribution in [2.45, 2.75) is 52.1 Å². The summed E-state index contributed by atoms with van der Waals surface area (Å²) in [6.45, 7) is 6.92. The van der Waals surface area contributed by atoms with Crippen LogP contribution < -0.4 is 0 Å². The van der Waals surface area contributed by atoms with Gasteiger partial charge in [0.1, 0.15) is 0 Å². The van der Waals surface area contributed by atoms with Gasteiger partial charge in [-0.05, 0) is 40.0 Å². The number of hydrogen-bond acceptors (Lipinski definition) is 1. The quantitative estimate of drug-likeness (QED) is 0.423. The van der Waals surface area contributed by atoms with Gasteiger partial charge in [0.05, 0.1) is 18.6 Å². The van der Waals surface area contributed by atoms with E-state index in [0.29, 0.717) is 12.1 Å². The van der Waals surface area contributed by atoms with Crippen molar-refractivity contribution in [1.82, 2.24) is 0 Å². The average Bonchev–Trinajstić information content (AvgIpc) is 2.00. The van der Waals surface area contributed by atoms with E-state index in [1.165, 1.54) is 6.42 Å². The molecule has 0 saturated carbocycles. The van der Waals surface area contributed by atoms with Crippen LogP contribution in [0.3, 0.4) is 0 Å². The lowest BCUT2D eigenvalue weighted by molar-refractivity contribution is -0.929. The summed E-state index contributed by atoms with van der Waals surface area (Å²) >= 11 is 0. The minimum Gasteiger partial charge on any atom is -0.632 e. The Morgan fingerprint density at radius 3 is 2.00 bits per heavy atom. The molecule has 0 aliphatic carbocycles. The van der Waals surface area contributed by atoms with E-state index in [0.717, 1.165) is 19.4 Å². The topological polar surface area (TPSA) is 23.1 Å². The van der Waals surface area contributed by atoms with Crippen molar-refractivity contribution in [3.63, 3.8) is 0 Å². The molecule has 1 heterocycles. The van der Waals surface area contributed by atoms with Crippen LogP contribution in [0.25, 0.3) is 0 Å². The average molecular weight is 157 g/mol. The van der Waals surface area contributed by atoms with Gasteiger partial charge in [0, 0.05) is 0 Å². The zero-order chi connectivity index (χ0) is 8.48.